The van der Waals surface area contributed by atoms with Crippen LogP contribution in [0.4, 0.5) is 57.1 Å². The first kappa shape index (κ1) is 113. The number of amides is 6. The minimum atomic E-state index is -0.972. The quantitative estimate of drug-likeness (QED) is 0.0186. The third-order valence-electron chi connectivity index (χ3n) is 22.6. The van der Waals surface area contributed by atoms with Crippen LogP contribution in [0.1, 0.15) is 159 Å². The molecule has 15 rings (SSSR count). The van der Waals surface area contributed by atoms with E-state index in [-0.39, 0.29) is 141 Å². The average Bonchev–Trinajstić information content (AvgIpc) is 1.73. The summed E-state index contributed by atoms with van der Waals surface area (Å²) in [5.41, 5.74) is 4.81. The lowest BCUT2D eigenvalue weighted by molar-refractivity contribution is -0.148. The highest BCUT2D eigenvalue weighted by Crippen LogP contribution is 2.42. The number of aromatic nitrogens is 6. The van der Waals surface area contributed by atoms with Gasteiger partial charge in [0.15, 0.2) is 30.8 Å². The van der Waals surface area contributed by atoms with E-state index >= 15 is 0 Å². The van der Waals surface area contributed by atoms with Gasteiger partial charge in [-0.15, -0.1) is 0 Å². The van der Waals surface area contributed by atoms with Gasteiger partial charge in [-0.2, -0.15) is 31.6 Å². The largest absolute Gasteiger partial charge is 0.481 e. The monoisotopic (exact) mass is 2130 g/mol. The predicted molar refractivity (Wildman–Crippen MR) is 533 cm³/mol. The number of rotatable bonds is 30. The number of nitriles is 6. The van der Waals surface area contributed by atoms with E-state index in [2.05, 4.69) is 61.8 Å². The number of carbonyl (C=O) groups excluding carboxylic acids is 6. The van der Waals surface area contributed by atoms with Crippen LogP contribution in [0.5, 0.6) is 0 Å². The average molecular weight is 2130 g/mol. The summed E-state index contributed by atoms with van der Waals surface area (Å²) in [5, 5.41) is 126. The molecule has 3 aliphatic rings. The normalized spacial score (nSPS) is 15.3. The summed E-state index contributed by atoms with van der Waals surface area (Å²) in [6.07, 6.45) is 5.41. The number of thiazole rings is 6. The second-order valence-corrected chi connectivity index (χ2v) is 39.8. The Bertz CT molecular complexity index is 7020. The first-order valence-corrected chi connectivity index (χ1v) is 49.6. The smallest absolute Gasteiger partial charge is 0.307 e. The van der Waals surface area contributed by atoms with Crippen LogP contribution in [-0.4, -0.2) is 132 Å². The molecular formula is C100H86F6N18O18S6. The standard InChI is InChI=1S/C18H16FN3O3S.2C17H14FN3O3S.C17H16FN3O3S.C16H14FN3O3S.C15H12FN3O3S/c19-11-7-5-10(6-8-11)15-14(9-20)26-18(21-15)22-16(23)12-3-1-2-4-13(12)17(24)25;2*18-12-5-3-9(4-6-12)14-13(8-19)25-17(20-14)21-15(22)10-1-2-11(7-10)16(23)24;1-17(2,8-7-13(22)23)15(24)21-16-20-14(12(9-19)25-16)10-3-5-11(18)6-4-10;1-9(7-14(22)23)6-13(21)19-16-20-15(12(8-18)24-16)10-2-4-11(17)5-3-10;16-10-6-4-9(5-7-10)14-11(8-17)23-15(19-14)18-12(20)2-1-3-13(21)22/h5-8,12-13H,1-4H2,(H,24,25)(H,21,22,23);2*3-6,10-11H,1-2,7H2,(H,23,24)(H,20,21,22);3-6H,7-8H2,1-2H3,(H,22,23)(H,20,21,24);2-5,9H,6-7H2,1H3,(H,22,23)(H,19,20,21);4-7H,1-3H2,(H,21,22)(H,18,19,20)/t12-,13+;10-,11+;10-,11-;;;/m001.../s1. The maximum absolute atomic E-state index is 13.1. The Morgan fingerprint density at radius 2 is 0.595 bits per heavy atom. The molecule has 3 fully saturated rings. The molecule has 1 unspecified atom stereocenters. The van der Waals surface area contributed by atoms with Gasteiger partial charge in [0, 0.05) is 82.7 Å². The minimum absolute atomic E-state index is 0.0413. The lowest BCUT2D eigenvalue weighted by Gasteiger charge is -2.26. The van der Waals surface area contributed by atoms with Crippen molar-refractivity contribution in [2.75, 3.05) is 31.9 Å². The number of halogens is 6. The summed E-state index contributed by atoms with van der Waals surface area (Å²) >= 11 is 6.13. The summed E-state index contributed by atoms with van der Waals surface area (Å²) in [7, 11) is 0. The third-order valence-corrected chi connectivity index (χ3v) is 27.9. The Labute approximate surface area is 862 Å². The van der Waals surface area contributed by atoms with E-state index in [4.69, 9.17) is 30.8 Å². The highest BCUT2D eigenvalue weighted by Gasteiger charge is 2.39. The van der Waals surface area contributed by atoms with Crippen LogP contribution in [0.3, 0.4) is 0 Å². The van der Waals surface area contributed by atoms with Crippen LogP contribution in [0, 0.1) is 150 Å². The molecule has 3 saturated carbocycles. The van der Waals surface area contributed by atoms with Crippen molar-refractivity contribution in [1.29, 1.82) is 31.6 Å². The van der Waals surface area contributed by atoms with Gasteiger partial charge in [0.1, 0.15) is 135 Å². The van der Waals surface area contributed by atoms with Gasteiger partial charge in [0.05, 0.1) is 23.7 Å². The first-order valence-electron chi connectivity index (χ1n) is 44.7. The maximum atomic E-state index is 13.1. The number of nitrogens with zero attached hydrogens (tertiary/aromatic N) is 12. The van der Waals surface area contributed by atoms with Crippen molar-refractivity contribution in [2.45, 2.75) is 130 Å². The van der Waals surface area contributed by atoms with Crippen molar-refractivity contribution >= 4 is 170 Å². The number of carbonyl (C=O) groups is 12. The molecule has 12 N–H and O–H groups in total. The molecular weight excluding hydrogens is 2050 g/mol. The molecule has 0 radical (unpaired) electrons. The van der Waals surface area contributed by atoms with Crippen molar-refractivity contribution in [2.24, 2.45) is 46.8 Å². The number of aliphatic carboxylic acids is 6. The Hall–Kier alpha value is -16.7. The van der Waals surface area contributed by atoms with Crippen LogP contribution in [0.2, 0.25) is 0 Å². The number of hydrogen-bond acceptors (Lipinski definition) is 30. The lowest BCUT2D eigenvalue weighted by atomic mass is 9.79. The van der Waals surface area contributed by atoms with Crippen LogP contribution in [0.25, 0.3) is 67.5 Å². The van der Waals surface area contributed by atoms with Gasteiger partial charge in [-0.25, -0.2) is 56.2 Å². The second-order valence-electron chi connectivity index (χ2n) is 33.8. The fourth-order valence-electron chi connectivity index (χ4n) is 15.0. The van der Waals surface area contributed by atoms with Crippen molar-refractivity contribution in [3.05, 3.63) is 210 Å². The Kier molecular flexibility index (Phi) is 41.1. The number of carboxylic acids is 6. The zero-order chi connectivity index (χ0) is 108. The molecule has 12 aromatic rings. The molecule has 6 aromatic heterocycles. The number of carboxylic acid groups (broad SMARTS) is 6. The van der Waals surface area contributed by atoms with E-state index in [1.54, 1.807) is 20.8 Å². The van der Waals surface area contributed by atoms with Gasteiger partial charge >= 0.3 is 35.8 Å². The van der Waals surface area contributed by atoms with Crippen LogP contribution in [0.15, 0.2) is 146 Å². The molecule has 0 bridgehead atoms. The molecule has 48 heteroatoms. The fourth-order valence-corrected chi connectivity index (χ4v) is 19.7. The van der Waals surface area contributed by atoms with Crippen molar-refractivity contribution in [1.82, 2.24) is 29.9 Å². The van der Waals surface area contributed by atoms with E-state index in [1.807, 2.05) is 36.4 Å². The van der Waals surface area contributed by atoms with Gasteiger partial charge in [0.2, 0.25) is 35.4 Å². The zero-order valence-corrected chi connectivity index (χ0v) is 83.0. The van der Waals surface area contributed by atoms with Gasteiger partial charge in [-0.3, -0.25) is 57.5 Å². The number of nitrogens with one attached hydrogen (secondary N) is 6. The molecule has 36 nitrogen and oxygen atoms in total. The highest BCUT2D eigenvalue weighted by atomic mass is 32.1. The Morgan fingerprint density at radius 1 is 0.331 bits per heavy atom. The van der Waals surface area contributed by atoms with E-state index in [0.717, 1.165) is 80.9 Å². The van der Waals surface area contributed by atoms with Crippen LogP contribution >= 0.6 is 68.0 Å². The maximum Gasteiger partial charge on any atom is 0.307 e. The van der Waals surface area contributed by atoms with E-state index in [0.29, 0.717) is 148 Å². The van der Waals surface area contributed by atoms with Gasteiger partial charge in [-0.1, -0.05) is 102 Å². The van der Waals surface area contributed by atoms with Crippen LogP contribution in [-0.2, 0) is 57.5 Å². The number of benzene rings is 6. The Morgan fingerprint density at radius 3 is 0.858 bits per heavy atom. The summed E-state index contributed by atoms with van der Waals surface area (Å²) in [5.74, 6) is -13.4. The molecule has 3 aliphatic carbocycles. The van der Waals surface area contributed by atoms with Crippen molar-refractivity contribution < 1.29 is 115 Å². The number of hydrogen-bond donors (Lipinski definition) is 12. The fraction of sp³-hybridized carbons (Fsp3) is 0.280. The topological polar surface area (TPSA) is 618 Å². The molecule has 0 spiro atoms. The molecule has 7 atom stereocenters. The van der Waals surface area contributed by atoms with Gasteiger partial charge in [-0.05, 0) is 216 Å². The van der Waals surface area contributed by atoms with E-state index < -0.39 is 88.2 Å². The molecule has 6 amide bonds. The summed E-state index contributed by atoms with van der Waals surface area (Å²) in [4.78, 5) is 166. The molecule has 0 saturated heterocycles. The van der Waals surface area contributed by atoms with E-state index in [9.17, 15) is 115 Å². The molecule has 0 aliphatic heterocycles. The number of anilines is 6. The third kappa shape index (κ3) is 32.9. The molecule has 762 valence electrons. The molecule has 6 aromatic carbocycles. The summed E-state index contributed by atoms with van der Waals surface area (Å²) in [6.45, 7) is 4.95. The van der Waals surface area contributed by atoms with Crippen molar-refractivity contribution in [3.63, 3.8) is 0 Å². The summed E-state index contributed by atoms with van der Waals surface area (Å²) in [6, 6.07) is 45.5. The van der Waals surface area contributed by atoms with Gasteiger partial charge in [0.25, 0.3) is 0 Å². The Balaban J connectivity index is 0.000000182. The highest BCUT2D eigenvalue weighted by molar-refractivity contribution is 7.18. The predicted octanol–water partition coefficient (Wildman–Crippen LogP) is 20.1. The molecule has 6 heterocycles. The van der Waals surface area contributed by atoms with Crippen LogP contribution < -0.4 is 31.9 Å². The zero-order valence-electron chi connectivity index (χ0n) is 78.1. The first-order chi connectivity index (χ1) is 70.5. The SMILES string of the molecule is CC(C)(CCC(=O)O)C(=O)Nc1nc(-c2ccc(F)cc2)c(C#N)s1.CC(CC(=O)O)CC(=O)Nc1nc(-c2ccc(F)cc2)c(C#N)s1.N#Cc1sc(NC(=O)CCCC(=O)O)nc1-c1ccc(F)cc1.N#Cc1sc(NC(=O)[C@@H]2CC[C@@H](C(=O)O)C2)nc1-c1ccc(F)cc1.N#Cc1sc(NC(=O)[C@H]2CCCC[C@H]2C(=O)O)nc1-c1ccc(F)cc1.N#Cc1sc(NC(=O)[C@H]2CC[C@@H](C(=O)O)C2)nc1-c1ccc(F)cc1. The van der Waals surface area contributed by atoms with E-state index in [1.165, 1.54) is 146 Å². The van der Waals surface area contributed by atoms with Crippen molar-refractivity contribution in [3.8, 4) is 104 Å². The second kappa shape index (κ2) is 53.7. The van der Waals surface area contributed by atoms with Gasteiger partial charge < -0.3 is 62.5 Å². The lowest BCUT2D eigenvalue weighted by Crippen LogP contribution is -2.36. The minimum Gasteiger partial charge on any atom is -0.481 e. The molecule has 148 heavy (non-hydrogen) atoms. The summed E-state index contributed by atoms with van der Waals surface area (Å²) < 4.78 is 78.2.